The Balaban J connectivity index is 1.55. The Hall–Kier alpha value is -3.15. The quantitative estimate of drug-likeness (QED) is 0.328. The lowest BCUT2D eigenvalue weighted by atomic mass is 9.82. The molecule has 2 unspecified atom stereocenters. The van der Waals surface area contributed by atoms with E-state index in [-0.39, 0.29) is 22.5 Å². The van der Waals surface area contributed by atoms with Crippen molar-refractivity contribution in [3.63, 3.8) is 0 Å². The lowest BCUT2D eigenvalue weighted by Crippen LogP contribution is -2.34. The van der Waals surface area contributed by atoms with E-state index >= 15 is 0 Å². The lowest BCUT2D eigenvalue weighted by molar-refractivity contribution is -0.146. The maximum Gasteiger partial charge on any atom is 0.307 e. The van der Waals surface area contributed by atoms with Gasteiger partial charge in [-0.1, -0.05) is 18.2 Å². The molecule has 0 spiro atoms. The summed E-state index contributed by atoms with van der Waals surface area (Å²) in [6.07, 6.45) is 4.29. The number of allylic oxidation sites excluding steroid dienone is 2. The molecular weight excluding hydrogens is 466 g/mol. The summed E-state index contributed by atoms with van der Waals surface area (Å²) in [5, 5.41) is 19.8. The highest BCUT2D eigenvalue weighted by Gasteiger charge is 2.33. The number of thioether (sulfide) groups is 1. The van der Waals surface area contributed by atoms with Gasteiger partial charge in [-0.25, -0.2) is 13.6 Å². The molecule has 1 aliphatic carbocycles. The van der Waals surface area contributed by atoms with Crippen molar-refractivity contribution in [2.75, 3.05) is 16.4 Å². The van der Waals surface area contributed by atoms with Crippen molar-refractivity contribution in [3.8, 4) is 0 Å². The van der Waals surface area contributed by atoms with Crippen molar-refractivity contribution in [1.82, 2.24) is 0 Å². The molecule has 174 valence electrons. The summed E-state index contributed by atoms with van der Waals surface area (Å²) in [7, 11) is -3.80. The monoisotopic (exact) mass is 489 g/mol. The van der Waals surface area contributed by atoms with Crippen LogP contribution in [-0.2, 0) is 24.4 Å². The molecule has 2 atom stereocenters. The number of benzene rings is 2. The zero-order valence-electron chi connectivity index (χ0n) is 17.4. The molecular formula is C22H23N3O6S2. The van der Waals surface area contributed by atoms with Crippen molar-refractivity contribution in [2.45, 2.75) is 22.6 Å². The van der Waals surface area contributed by atoms with Crippen molar-refractivity contribution in [1.29, 1.82) is 0 Å². The van der Waals surface area contributed by atoms with E-state index in [1.807, 2.05) is 6.08 Å². The number of carbonyl (C=O) groups excluding carboxylic acids is 2. The van der Waals surface area contributed by atoms with Gasteiger partial charge in [-0.3, -0.25) is 14.4 Å². The molecule has 0 bridgehead atoms. The molecule has 2 aromatic carbocycles. The Morgan fingerprint density at radius 2 is 1.64 bits per heavy atom. The number of nitrogens with one attached hydrogen (secondary N) is 2. The number of anilines is 2. The summed E-state index contributed by atoms with van der Waals surface area (Å²) in [5.74, 6) is -2.95. The smallest absolute Gasteiger partial charge is 0.307 e. The number of hydrogen-bond acceptors (Lipinski definition) is 6. The molecule has 1 aliphatic rings. The molecule has 0 aliphatic heterocycles. The molecule has 9 nitrogen and oxygen atoms in total. The molecule has 11 heteroatoms. The van der Waals surface area contributed by atoms with Gasteiger partial charge in [0.2, 0.25) is 21.8 Å². The second-order valence-corrected chi connectivity index (χ2v) is 10.0. The van der Waals surface area contributed by atoms with Crippen molar-refractivity contribution >= 4 is 50.9 Å². The molecule has 33 heavy (non-hydrogen) atoms. The first-order chi connectivity index (χ1) is 15.6. The van der Waals surface area contributed by atoms with Crippen LogP contribution in [0.15, 0.2) is 70.5 Å². The Kier molecular flexibility index (Phi) is 7.90. The van der Waals surface area contributed by atoms with Gasteiger partial charge in [0.05, 0.1) is 22.5 Å². The van der Waals surface area contributed by atoms with Gasteiger partial charge < -0.3 is 15.7 Å². The Morgan fingerprint density at radius 3 is 2.27 bits per heavy atom. The van der Waals surface area contributed by atoms with Crippen LogP contribution in [0.1, 0.15) is 12.8 Å². The second-order valence-electron chi connectivity index (χ2n) is 7.42. The molecule has 0 saturated heterocycles. The number of primary sulfonamides is 1. The second kappa shape index (κ2) is 10.6. The fraction of sp³-hybridized carbons (Fsp3) is 0.227. The molecule has 0 aromatic heterocycles. The van der Waals surface area contributed by atoms with Crippen LogP contribution in [0.3, 0.4) is 0 Å². The van der Waals surface area contributed by atoms with Gasteiger partial charge in [0.25, 0.3) is 0 Å². The van der Waals surface area contributed by atoms with Crippen molar-refractivity contribution in [3.05, 3.63) is 60.7 Å². The van der Waals surface area contributed by atoms with Crippen LogP contribution in [-0.4, -0.2) is 37.1 Å². The van der Waals surface area contributed by atoms with Gasteiger partial charge in [0.1, 0.15) is 0 Å². The van der Waals surface area contributed by atoms with Gasteiger partial charge in [-0.15, -0.1) is 11.8 Å². The van der Waals surface area contributed by atoms with Crippen LogP contribution in [0.5, 0.6) is 0 Å². The predicted molar refractivity (Wildman–Crippen MR) is 125 cm³/mol. The van der Waals surface area contributed by atoms with Gasteiger partial charge in [-0.2, -0.15) is 0 Å². The number of carboxylic acid groups (broad SMARTS) is 1. The van der Waals surface area contributed by atoms with Crippen LogP contribution in [0.25, 0.3) is 0 Å². The van der Waals surface area contributed by atoms with E-state index in [1.165, 1.54) is 36.0 Å². The molecule has 0 radical (unpaired) electrons. The topological polar surface area (TPSA) is 156 Å². The first-order valence-corrected chi connectivity index (χ1v) is 12.5. The zero-order chi connectivity index (χ0) is 24.0. The van der Waals surface area contributed by atoms with Crippen LogP contribution >= 0.6 is 11.8 Å². The molecule has 2 aromatic rings. The maximum absolute atomic E-state index is 12.6. The van der Waals surface area contributed by atoms with Gasteiger partial charge in [-0.05, 0) is 55.3 Å². The number of amides is 2. The number of carbonyl (C=O) groups is 3. The van der Waals surface area contributed by atoms with E-state index in [0.29, 0.717) is 24.2 Å². The van der Waals surface area contributed by atoms with E-state index in [2.05, 4.69) is 10.6 Å². The third kappa shape index (κ3) is 6.91. The first kappa shape index (κ1) is 24.5. The SMILES string of the molecule is NS(=O)(=O)c1ccc(NC(=O)CSc2cccc(NC(=O)C3CC=CCC3C(=O)O)c2)cc1. The normalized spacial score (nSPS) is 17.8. The molecule has 0 heterocycles. The number of aliphatic carboxylic acids is 1. The number of carboxylic acids is 1. The summed E-state index contributed by atoms with van der Waals surface area (Å²) in [5.41, 5.74) is 0.950. The Labute approximate surface area is 195 Å². The average molecular weight is 490 g/mol. The fourth-order valence-corrected chi connectivity index (χ4v) is 4.62. The van der Waals surface area contributed by atoms with E-state index < -0.39 is 27.8 Å². The van der Waals surface area contributed by atoms with Crippen molar-refractivity contribution < 1.29 is 27.9 Å². The maximum atomic E-state index is 12.6. The third-order valence-electron chi connectivity index (χ3n) is 5.02. The van der Waals surface area contributed by atoms with Gasteiger partial charge >= 0.3 is 5.97 Å². The highest BCUT2D eigenvalue weighted by Crippen LogP contribution is 2.28. The number of hydrogen-bond donors (Lipinski definition) is 4. The van der Waals surface area contributed by atoms with E-state index in [1.54, 1.807) is 30.3 Å². The summed E-state index contributed by atoms with van der Waals surface area (Å²) < 4.78 is 22.6. The summed E-state index contributed by atoms with van der Waals surface area (Å²) in [6, 6.07) is 12.4. The highest BCUT2D eigenvalue weighted by atomic mass is 32.2. The average Bonchev–Trinajstić information content (AvgIpc) is 2.77. The summed E-state index contributed by atoms with van der Waals surface area (Å²) in [4.78, 5) is 37.0. The molecule has 2 amide bonds. The molecule has 0 fully saturated rings. The van der Waals surface area contributed by atoms with Crippen LogP contribution in [0, 0.1) is 11.8 Å². The molecule has 3 rings (SSSR count). The van der Waals surface area contributed by atoms with E-state index in [9.17, 15) is 27.9 Å². The van der Waals surface area contributed by atoms with Gasteiger partial charge in [0, 0.05) is 16.3 Å². The van der Waals surface area contributed by atoms with Crippen LogP contribution < -0.4 is 15.8 Å². The number of rotatable bonds is 8. The minimum atomic E-state index is -3.80. The lowest BCUT2D eigenvalue weighted by Gasteiger charge is -2.24. The third-order valence-corrected chi connectivity index (χ3v) is 6.95. The van der Waals surface area contributed by atoms with Crippen LogP contribution in [0.2, 0.25) is 0 Å². The first-order valence-electron chi connectivity index (χ1n) is 9.98. The summed E-state index contributed by atoms with van der Waals surface area (Å²) in [6.45, 7) is 0. The molecule has 0 saturated carbocycles. The Morgan fingerprint density at radius 1 is 0.970 bits per heavy atom. The molecule has 5 N–H and O–H groups in total. The largest absolute Gasteiger partial charge is 0.481 e. The van der Waals surface area contributed by atoms with Crippen LogP contribution in [0.4, 0.5) is 11.4 Å². The Bertz CT molecular complexity index is 1180. The minimum absolute atomic E-state index is 0.0485. The zero-order valence-corrected chi connectivity index (χ0v) is 19.1. The van der Waals surface area contributed by atoms with Crippen molar-refractivity contribution in [2.24, 2.45) is 17.0 Å². The minimum Gasteiger partial charge on any atom is -0.481 e. The fourth-order valence-electron chi connectivity index (χ4n) is 3.35. The number of sulfonamides is 1. The standard InChI is InChI=1S/C22H23N3O6S2/c23-33(30,31)17-10-8-14(9-11-17)24-20(26)13-32-16-5-3-4-15(12-16)25-21(27)18-6-1-2-7-19(18)22(28)29/h1-5,8-12,18-19H,6-7,13H2,(H,24,26)(H,25,27)(H,28,29)(H2,23,30,31). The number of nitrogens with two attached hydrogens (primary N) is 1. The van der Waals surface area contributed by atoms with Gasteiger partial charge in [0.15, 0.2) is 0 Å². The van der Waals surface area contributed by atoms with E-state index in [4.69, 9.17) is 5.14 Å². The summed E-state index contributed by atoms with van der Waals surface area (Å²) >= 11 is 1.25. The highest BCUT2D eigenvalue weighted by molar-refractivity contribution is 8.00. The van der Waals surface area contributed by atoms with E-state index in [0.717, 1.165) is 4.90 Å². The predicted octanol–water partition coefficient (Wildman–Crippen LogP) is 2.67.